The van der Waals surface area contributed by atoms with Crippen molar-refractivity contribution in [3.63, 3.8) is 0 Å². The second kappa shape index (κ2) is 5.81. The average Bonchev–Trinajstić information content (AvgIpc) is 2.95. The third kappa shape index (κ3) is 3.29. The molecule has 1 aliphatic rings. The summed E-state index contributed by atoms with van der Waals surface area (Å²) in [5.41, 5.74) is 7.95. The van der Waals surface area contributed by atoms with E-state index in [1.165, 1.54) is 11.1 Å². The van der Waals surface area contributed by atoms with Gasteiger partial charge in [-0.2, -0.15) is 0 Å². The number of amides is 1. The lowest BCUT2D eigenvalue weighted by atomic mass is 9.93. The molecule has 1 aromatic heterocycles. The van der Waals surface area contributed by atoms with E-state index in [0.29, 0.717) is 25.4 Å². The molecular formula is C18H23N3O2. The van der Waals surface area contributed by atoms with Crippen LogP contribution < -0.4 is 5.73 Å². The van der Waals surface area contributed by atoms with Gasteiger partial charge >= 0.3 is 0 Å². The van der Waals surface area contributed by atoms with Crippen molar-refractivity contribution in [2.75, 3.05) is 0 Å². The maximum Gasteiger partial charge on any atom is 0.235 e. The number of rotatable bonds is 3. The van der Waals surface area contributed by atoms with Crippen LogP contribution in [0.1, 0.15) is 43.5 Å². The molecule has 0 fully saturated rings. The summed E-state index contributed by atoms with van der Waals surface area (Å²) in [5, 5.41) is 0. The van der Waals surface area contributed by atoms with Crippen LogP contribution in [0.3, 0.4) is 0 Å². The predicted octanol–water partition coefficient (Wildman–Crippen LogP) is 2.38. The zero-order chi connectivity index (χ0) is 16.6. The minimum absolute atomic E-state index is 0.0805. The Morgan fingerprint density at radius 3 is 2.65 bits per heavy atom. The Hall–Kier alpha value is -2.14. The molecule has 122 valence electrons. The summed E-state index contributed by atoms with van der Waals surface area (Å²) in [7, 11) is 0. The van der Waals surface area contributed by atoms with Gasteiger partial charge in [0.05, 0.1) is 18.8 Å². The standard InChI is InChI=1S/C18H23N3O2/c1-18(2,3)15-9-20-16(23-15)11-21-10-13-7-5-4-6-12(13)8-14(21)17(19)22/h4-7,9,14H,8,10-11H2,1-3H3,(H2,19,22)/t14-/m0/s1. The van der Waals surface area contributed by atoms with Crippen LogP contribution in [0.2, 0.25) is 0 Å². The fraction of sp³-hybridized carbons (Fsp3) is 0.444. The molecule has 1 amide bonds. The highest BCUT2D eigenvalue weighted by atomic mass is 16.4. The number of aromatic nitrogens is 1. The van der Waals surface area contributed by atoms with Gasteiger partial charge in [0.1, 0.15) is 5.76 Å². The molecule has 2 heterocycles. The molecule has 0 aliphatic carbocycles. The van der Waals surface area contributed by atoms with Gasteiger partial charge in [0.25, 0.3) is 0 Å². The normalized spacial score (nSPS) is 18.7. The summed E-state index contributed by atoms with van der Waals surface area (Å²) in [6, 6.07) is 7.84. The van der Waals surface area contributed by atoms with Gasteiger partial charge in [-0.3, -0.25) is 9.69 Å². The SMILES string of the molecule is CC(C)(C)c1cnc(CN2Cc3ccccc3C[C@H]2C(N)=O)o1. The van der Waals surface area contributed by atoms with E-state index in [1.807, 2.05) is 17.0 Å². The summed E-state index contributed by atoms with van der Waals surface area (Å²) in [6.45, 7) is 7.41. The van der Waals surface area contributed by atoms with E-state index in [-0.39, 0.29) is 17.4 Å². The third-order valence-corrected chi connectivity index (χ3v) is 4.31. The number of hydrogen-bond acceptors (Lipinski definition) is 4. The number of hydrogen-bond donors (Lipinski definition) is 1. The molecule has 3 rings (SSSR count). The quantitative estimate of drug-likeness (QED) is 0.944. The van der Waals surface area contributed by atoms with Gasteiger partial charge in [0.15, 0.2) is 0 Å². The highest BCUT2D eigenvalue weighted by Crippen LogP contribution is 2.27. The first kappa shape index (κ1) is 15.7. The van der Waals surface area contributed by atoms with Crippen LogP contribution in [-0.4, -0.2) is 21.8 Å². The van der Waals surface area contributed by atoms with E-state index in [4.69, 9.17) is 10.2 Å². The Morgan fingerprint density at radius 2 is 2.04 bits per heavy atom. The first-order valence-electron chi connectivity index (χ1n) is 7.90. The zero-order valence-electron chi connectivity index (χ0n) is 13.9. The van der Waals surface area contributed by atoms with Gasteiger partial charge in [-0.15, -0.1) is 0 Å². The highest BCUT2D eigenvalue weighted by Gasteiger charge is 2.31. The summed E-state index contributed by atoms with van der Waals surface area (Å²) in [6.07, 6.45) is 2.41. The molecule has 0 saturated carbocycles. The number of benzene rings is 1. The number of primary amides is 1. The molecule has 23 heavy (non-hydrogen) atoms. The maximum absolute atomic E-state index is 11.9. The molecule has 0 unspecified atom stereocenters. The van der Waals surface area contributed by atoms with Crippen molar-refractivity contribution < 1.29 is 9.21 Å². The van der Waals surface area contributed by atoms with Gasteiger partial charge in [0, 0.05) is 12.0 Å². The van der Waals surface area contributed by atoms with E-state index in [0.717, 1.165) is 5.76 Å². The third-order valence-electron chi connectivity index (χ3n) is 4.31. The first-order chi connectivity index (χ1) is 10.8. The van der Waals surface area contributed by atoms with Crippen LogP contribution in [-0.2, 0) is 29.7 Å². The molecule has 0 saturated heterocycles. The zero-order valence-corrected chi connectivity index (χ0v) is 13.9. The Kier molecular flexibility index (Phi) is 3.98. The van der Waals surface area contributed by atoms with Gasteiger partial charge in [-0.05, 0) is 17.5 Å². The van der Waals surface area contributed by atoms with Crippen molar-refractivity contribution in [2.24, 2.45) is 5.73 Å². The molecule has 0 spiro atoms. The topological polar surface area (TPSA) is 72.4 Å². The molecule has 5 nitrogen and oxygen atoms in total. The second-order valence-electron chi connectivity index (χ2n) is 7.16. The minimum atomic E-state index is -0.324. The Balaban J connectivity index is 1.83. The van der Waals surface area contributed by atoms with Crippen LogP contribution in [0.25, 0.3) is 0 Å². The highest BCUT2D eigenvalue weighted by molar-refractivity contribution is 5.80. The summed E-state index contributed by atoms with van der Waals surface area (Å²) in [4.78, 5) is 18.3. The molecule has 0 bridgehead atoms. The molecule has 1 atom stereocenters. The molecule has 1 aliphatic heterocycles. The smallest absolute Gasteiger partial charge is 0.235 e. The van der Waals surface area contributed by atoms with Crippen molar-refractivity contribution in [3.8, 4) is 0 Å². The molecule has 1 aromatic carbocycles. The van der Waals surface area contributed by atoms with Crippen LogP contribution in [0.4, 0.5) is 0 Å². The first-order valence-corrected chi connectivity index (χ1v) is 7.90. The largest absolute Gasteiger partial charge is 0.444 e. The lowest BCUT2D eigenvalue weighted by molar-refractivity contribution is -0.124. The number of nitrogens with zero attached hydrogens (tertiary/aromatic N) is 2. The Morgan fingerprint density at radius 1 is 1.35 bits per heavy atom. The maximum atomic E-state index is 11.9. The van der Waals surface area contributed by atoms with Gasteiger partial charge < -0.3 is 10.2 Å². The van der Waals surface area contributed by atoms with E-state index in [1.54, 1.807) is 6.20 Å². The summed E-state index contributed by atoms with van der Waals surface area (Å²) >= 11 is 0. The molecule has 0 radical (unpaired) electrons. The number of oxazole rings is 1. The summed E-state index contributed by atoms with van der Waals surface area (Å²) < 4.78 is 5.86. The number of carbonyl (C=O) groups excluding carboxylic acids is 1. The minimum Gasteiger partial charge on any atom is -0.444 e. The van der Waals surface area contributed by atoms with E-state index in [2.05, 4.69) is 37.9 Å². The van der Waals surface area contributed by atoms with Crippen molar-refractivity contribution in [1.29, 1.82) is 0 Å². The van der Waals surface area contributed by atoms with E-state index < -0.39 is 0 Å². The van der Waals surface area contributed by atoms with E-state index >= 15 is 0 Å². The lowest BCUT2D eigenvalue weighted by Crippen LogP contribution is -2.48. The van der Waals surface area contributed by atoms with Gasteiger partial charge in [0.2, 0.25) is 11.8 Å². The fourth-order valence-electron chi connectivity index (χ4n) is 2.93. The number of nitrogens with two attached hydrogens (primary N) is 1. The predicted molar refractivity (Wildman–Crippen MR) is 87.6 cm³/mol. The molecule has 2 aromatic rings. The monoisotopic (exact) mass is 313 g/mol. The van der Waals surface area contributed by atoms with Crippen molar-refractivity contribution in [2.45, 2.75) is 51.7 Å². The Bertz CT molecular complexity index is 715. The van der Waals surface area contributed by atoms with Gasteiger partial charge in [-0.1, -0.05) is 45.0 Å². The van der Waals surface area contributed by atoms with Crippen LogP contribution in [0.15, 0.2) is 34.9 Å². The Labute approximate surface area is 136 Å². The van der Waals surface area contributed by atoms with E-state index in [9.17, 15) is 4.79 Å². The van der Waals surface area contributed by atoms with Crippen LogP contribution >= 0.6 is 0 Å². The molecule has 5 heteroatoms. The fourth-order valence-corrected chi connectivity index (χ4v) is 2.93. The average molecular weight is 313 g/mol. The summed E-state index contributed by atoms with van der Waals surface area (Å²) in [5.74, 6) is 1.17. The van der Waals surface area contributed by atoms with Crippen molar-refractivity contribution >= 4 is 5.91 Å². The van der Waals surface area contributed by atoms with Crippen LogP contribution in [0, 0.1) is 0 Å². The number of fused-ring (bicyclic) bond motifs is 1. The molecular weight excluding hydrogens is 290 g/mol. The lowest BCUT2D eigenvalue weighted by Gasteiger charge is -2.34. The number of carbonyl (C=O) groups is 1. The second-order valence-corrected chi connectivity index (χ2v) is 7.16. The molecule has 2 N–H and O–H groups in total. The van der Waals surface area contributed by atoms with Crippen molar-refractivity contribution in [3.05, 3.63) is 53.2 Å². The van der Waals surface area contributed by atoms with Crippen LogP contribution in [0.5, 0.6) is 0 Å². The van der Waals surface area contributed by atoms with Gasteiger partial charge in [-0.25, -0.2) is 4.98 Å². The van der Waals surface area contributed by atoms with Crippen molar-refractivity contribution in [1.82, 2.24) is 9.88 Å².